The van der Waals surface area contributed by atoms with Crippen LogP contribution < -0.4 is 10.6 Å². The van der Waals surface area contributed by atoms with Crippen molar-refractivity contribution < 1.29 is 33.8 Å². The standard InChI is InChI=1S/C28H27BrN2O7/c1-17(30-27(35)37-15-19-9-5-3-6-10-19)25(33)21-13-14-22(32)24(29)23(21)26(34)18(2)31-28(36)38-16-20-11-7-4-8-12-20/h3-14,17-18,32H,15-16H2,1-2H3,(H,30,35)(H,31,36)/t17-,18-/m0/s1. The number of hydrogen-bond donors (Lipinski definition) is 3. The lowest BCUT2D eigenvalue weighted by molar-refractivity contribution is 0.0897. The predicted molar refractivity (Wildman–Crippen MR) is 143 cm³/mol. The summed E-state index contributed by atoms with van der Waals surface area (Å²) in [6.07, 6.45) is -1.63. The molecule has 0 spiro atoms. The summed E-state index contributed by atoms with van der Waals surface area (Å²) in [7, 11) is 0. The first-order chi connectivity index (χ1) is 18.2. The lowest BCUT2D eigenvalue weighted by atomic mass is 9.94. The van der Waals surface area contributed by atoms with Gasteiger partial charge in [0.05, 0.1) is 16.6 Å². The number of ether oxygens (including phenoxy) is 2. The first-order valence-electron chi connectivity index (χ1n) is 11.7. The minimum atomic E-state index is -1.10. The van der Waals surface area contributed by atoms with Gasteiger partial charge in [0.1, 0.15) is 19.0 Å². The van der Waals surface area contributed by atoms with Crippen molar-refractivity contribution in [1.82, 2.24) is 10.6 Å². The van der Waals surface area contributed by atoms with Gasteiger partial charge in [-0.05, 0) is 53.0 Å². The van der Waals surface area contributed by atoms with Gasteiger partial charge in [-0.25, -0.2) is 9.59 Å². The summed E-state index contributed by atoms with van der Waals surface area (Å²) in [5.41, 5.74) is 1.36. The van der Waals surface area contributed by atoms with Crippen molar-refractivity contribution in [3.05, 3.63) is 99.5 Å². The van der Waals surface area contributed by atoms with Crippen molar-refractivity contribution in [2.75, 3.05) is 0 Å². The number of ketones is 2. The first kappa shape index (κ1) is 28.4. The summed E-state index contributed by atoms with van der Waals surface area (Å²) in [4.78, 5) is 51.0. The molecule has 3 N–H and O–H groups in total. The van der Waals surface area contributed by atoms with Crippen LogP contribution in [0.5, 0.6) is 5.75 Å². The molecule has 3 aromatic rings. The van der Waals surface area contributed by atoms with E-state index in [1.165, 1.54) is 26.0 Å². The number of carbonyl (C=O) groups is 4. The fourth-order valence-electron chi connectivity index (χ4n) is 3.48. The first-order valence-corrected chi connectivity index (χ1v) is 12.5. The summed E-state index contributed by atoms with van der Waals surface area (Å²) in [5, 5.41) is 15.1. The van der Waals surface area contributed by atoms with E-state index < -0.39 is 35.8 Å². The molecule has 0 fully saturated rings. The van der Waals surface area contributed by atoms with Gasteiger partial charge in [-0.2, -0.15) is 0 Å². The molecular weight excluding hydrogens is 556 g/mol. The summed E-state index contributed by atoms with van der Waals surface area (Å²) < 4.78 is 10.3. The highest BCUT2D eigenvalue weighted by Crippen LogP contribution is 2.32. The zero-order chi connectivity index (χ0) is 27.7. The maximum atomic E-state index is 13.3. The zero-order valence-corrected chi connectivity index (χ0v) is 22.4. The van der Waals surface area contributed by atoms with E-state index in [2.05, 4.69) is 26.6 Å². The molecule has 10 heteroatoms. The van der Waals surface area contributed by atoms with E-state index in [-0.39, 0.29) is 34.6 Å². The molecule has 2 amide bonds. The zero-order valence-electron chi connectivity index (χ0n) is 20.8. The highest BCUT2D eigenvalue weighted by molar-refractivity contribution is 9.10. The largest absolute Gasteiger partial charge is 0.507 e. The number of rotatable bonds is 10. The van der Waals surface area contributed by atoms with Gasteiger partial charge in [-0.15, -0.1) is 0 Å². The molecule has 0 radical (unpaired) electrons. The monoisotopic (exact) mass is 582 g/mol. The van der Waals surface area contributed by atoms with E-state index in [0.29, 0.717) is 0 Å². The van der Waals surface area contributed by atoms with Crippen molar-refractivity contribution in [1.29, 1.82) is 0 Å². The summed E-state index contributed by atoms with van der Waals surface area (Å²) in [5.74, 6) is -1.51. The van der Waals surface area contributed by atoms with E-state index in [0.717, 1.165) is 11.1 Å². The van der Waals surface area contributed by atoms with Crippen LogP contribution in [0.15, 0.2) is 77.3 Å². The average Bonchev–Trinajstić information content (AvgIpc) is 2.92. The number of alkyl carbamates (subject to hydrolysis) is 2. The maximum absolute atomic E-state index is 13.3. The number of nitrogens with one attached hydrogen (secondary N) is 2. The van der Waals surface area contributed by atoms with Crippen molar-refractivity contribution >= 4 is 39.7 Å². The molecule has 2 atom stereocenters. The molecule has 38 heavy (non-hydrogen) atoms. The Labute approximate surface area is 228 Å². The smallest absolute Gasteiger partial charge is 0.408 e. The molecule has 198 valence electrons. The number of aromatic hydroxyl groups is 1. The highest BCUT2D eigenvalue weighted by Gasteiger charge is 2.29. The molecule has 0 aromatic heterocycles. The van der Waals surface area contributed by atoms with Crippen LogP contribution in [-0.4, -0.2) is 40.9 Å². The number of carbonyl (C=O) groups excluding carboxylic acids is 4. The Bertz CT molecular complexity index is 1300. The quantitative estimate of drug-likeness (QED) is 0.282. The molecule has 0 bridgehead atoms. The van der Waals surface area contributed by atoms with Crippen LogP contribution in [0.1, 0.15) is 45.7 Å². The Balaban J connectivity index is 1.67. The molecule has 0 saturated carbocycles. The van der Waals surface area contributed by atoms with Crippen molar-refractivity contribution in [3.63, 3.8) is 0 Å². The molecule has 3 aromatic carbocycles. The van der Waals surface area contributed by atoms with Gasteiger partial charge in [0.25, 0.3) is 0 Å². The van der Waals surface area contributed by atoms with Crippen LogP contribution in [0, 0.1) is 0 Å². The minimum Gasteiger partial charge on any atom is -0.507 e. The maximum Gasteiger partial charge on any atom is 0.408 e. The number of amides is 2. The highest BCUT2D eigenvalue weighted by atomic mass is 79.9. The Hall–Kier alpha value is -4.18. The third-order valence-corrected chi connectivity index (χ3v) is 6.32. The molecule has 9 nitrogen and oxygen atoms in total. The number of benzene rings is 3. The summed E-state index contributed by atoms with van der Waals surface area (Å²) in [6, 6.07) is 18.4. The predicted octanol–water partition coefficient (Wildman–Crippen LogP) is 5.15. The van der Waals surface area contributed by atoms with Gasteiger partial charge < -0.3 is 25.2 Å². The number of phenolic OH excluding ortho intramolecular Hbond substituents is 1. The fraction of sp³-hybridized carbons (Fsp3) is 0.214. The van der Waals surface area contributed by atoms with Gasteiger partial charge in [-0.1, -0.05) is 60.7 Å². The van der Waals surface area contributed by atoms with Gasteiger partial charge >= 0.3 is 12.2 Å². The molecular formula is C28H27BrN2O7. The lowest BCUT2D eigenvalue weighted by Crippen LogP contribution is -2.41. The van der Waals surface area contributed by atoms with Gasteiger partial charge in [0, 0.05) is 11.1 Å². The van der Waals surface area contributed by atoms with Crippen LogP contribution in [0.4, 0.5) is 9.59 Å². The Kier molecular flexibility index (Phi) is 10.0. The number of Topliss-reactive ketones (excluding diaryl/α,β-unsaturated/α-hetero) is 2. The molecule has 0 aliphatic carbocycles. The van der Waals surface area contributed by atoms with Crippen LogP contribution in [-0.2, 0) is 22.7 Å². The van der Waals surface area contributed by atoms with E-state index in [4.69, 9.17) is 9.47 Å². The number of hydrogen-bond acceptors (Lipinski definition) is 7. The van der Waals surface area contributed by atoms with E-state index in [9.17, 15) is 24.3 Å². The Morgan fingerprint density at radius 1 is 0.737 bits per heavy atom. The Morgan fingerprint density at radius 3 is 1.66 bits per heavy atom. The van der Waals surface area contributed by atoms with Crippen molar-refractivity contribution in [3.8, 4) is 5.75 Å². The van der Waals surface area contributed by atoms with Crippen molar-refractivity contribution in [2.24, 2.45) is 0 Å². The third kappa shape index (κ3) is 7.66. The van der Waals surface area contributed by atoms with Crippen LogP contribution in [0.3, 0.4) is 0 Å². The summed E-state index contributed by atoms with van der Waals surface area (Å²) >= 11 is 3.17. The molecule has 0 saturated heterocycles. The molecule has 3 rings (SSSR count). The van der Waals surface area contributed by atoms with Crippen molar-refractivity contribution in [2.45, 2.75) is 39.1 Å². The number of phenols is 1. The minimum absolute atomic E-state index is 0.0106. The fourth-order valence-corrected chi connectivity index (χ4v) is 4.02. The second-order valence-corrected chi connectivity index (χ2v) is 9.20. The second-order valence-electron chi connectivity index (χ2n) is 8.41. The average molecular weight is 583 g/mol. The third-order valence-electron chi connectivity index (χ3n) is 5.51. The van der Waals surface area contributed by atoms with E-state index in [1.54, 1.807) is 36.4 Å². The number of halogens is 1. The van der Waals surface area contributed by atoms with Gasteiger partial charge in [0.15, 0.2) is 11.6 Å². The van der Waals surface area contributed by atoms with E-state index >= 15 is 0 Å². The topological polar surface area (TPSA) is 131 Å². The normalized spacial score (nSPS) is 12.1. The molecule has 0 aliphatic rings. The second kappa shape index (κ2) is 13.4. The molecule has 0 heterocycles. The Morgan fingerprint density at radius 2 is 1.18 bits per heavy atom. The lowest BCUT2D eigenvalue weighted by Gasteiger charge is -2.19. The molecule has 0 aliphatic heterocycles. The van der Waals surface area contributed by atoms with Gasteiger partial charge in [0.2, 0.25) is 0 Å². The van der Waals surface area contributed by atoms with Gasteiger partial charge in [-0.3, -0.25) is 9.59 Å². The molecule has 0 unspecified atom stereocenters. The van der Waals surface area contributed by atoms with Crippen LogP contribution in [0.2, 0.25) is 0 Å². The van der Waals surface area contributed by atoms with Crippen LogP contribution in [0.25, 0.3) is 0 Å². The van der Waals surface area contributed by atoms with Crippen LogP contribution >= 0.6 is 15.9 Å². The summed E-state index contributed by atoms with van der Waals surface area (Å²) in [6.45, 7) is 2.91. The SMILES string of the molecule is C[C@H](NC(=O)OCc1ccccc1)C(=O)c1ccc(O)c(Br)c1C(=O)[C@H](C)NC(=O)OCc1ccccc1. The van der Waals surface area contributed by atoms with E-state index in [1.807, 2.05) is 24.3 Å².